The molecule has 0 bridgehead atoms. The fraction of sp³-hybridized carbons (Fsp3) is 0.267. The van der Waals surface area contributed by atoms with E-state index in [1.165, 1.54) is 11.6 Å². The van der Waals surface area contributed by atoms with E-state index in [2.05, 4.69) is 17.2 Å². The average molecular weight is 262 g/mol. The molecule has 0 atom stereocenters. The van der Waals surface area contributed by atoms with Crippen molar-refractivity contribution in [3.63, 3.8) is 0 Å². The Hall–Kier alpha value is -1.81. The standard InChI is InChI=1S/C15H16F2N2/c1-2-12-4-3-7-19-15(12)10-18-9-11-5-6-13(16)14(17)8-11/h3-8,18H,2,9-10H2,1H3. The molecule has 0 radical (unpaired) electrons. The highest BCUT2D eigenvalue weighted by atomic mass is 19.2. The van der Waals surface area contributed by atoms with E-state index in [0.717, 1.165) is 18.2 Å². The largest absolute Gasteiger partial charge is 0.307 e. The predicted molar refractivity (Wildman–Crippen MR) is 70.5 cm³/mol. The van der Waals surface area contributed by atoms with E-state index in [4.69, 9.17) is 0 Å². The number of halogens is 2. The number of nitrogens with one attached hydrogen (secondary N) is 1. The maximum atomic E-state index is 13.0. The van der Waals surface area contributed by atoms with Gasteiger partial charge in [-0.1, -0.05) is 19.1 Å². The summed E-state index contributed by atoms with van der Waals surface area (Å²) in [7, 11) is 0. The van der Waals surface area contributed by atoms with Crippen LogP contribution in [0.5, 0.6) is 0 Å². The van der Waals surface area contributed by atoms with Crippen LogP contribution >= 0.6 is 0 Å². The highest BCUT2D eigenvalue weighted by Crippen LogP contribution is 2.09. The number of rotatable bonds is 5. The molecule has 2 aromatic rings. The van der Waals surface area contributed by atoms with Gasteiger partial charge in [-0.25, -0.2) is 8.78 Å². The van der Waals surface area contributed by atoms with Crippen molar-refractivity contribution in [2.24, 2.45) is 0 Å². The first-order chi connectivity index (χ1) is 9.20. The first-order valence-electron chi connectivity index (χ1n) is 6.28. The number of aromatic nitrogens is 1. The topological polar surface area (TPSA) is 24.9 Å². The molecule has 19 heavy (non-hydrogen) atoms. The summed E-state index contributed by atoms with van der Waals surface area (Å²) in [6.45, 7) is 3.18. The van der Waals surface area contributed by atoms with Crippen molar-refractivity contribution < 1.29 is 8.78 Å². The molecule has 4 heteroatoms. The molecule has 1 aromatic carbocycles. The summed E-state index contributed by atoms with van der Waals surface area (Å²) >= 11 is 0. The number of hydrogen-bond donors (Lipinski definition) is 1. The van der Waals surface area contributed by atoms with Crippen LogP contribution < -0.4 is 5.32 Å². The average Bonchev–Trinajstić information content (AvgIpc) is 2.43. The van der Waals surface area contributed by atoms with Crippen LogP contribution in [0.3, 0.4) is 0 Å². The van der Waals surface area contributed by atoms with Crippen LogP contribution in [0.2, 0.25) is 0 Å². The molecule has 1 N–H and O–H groups in total. The summed E-state index contributed by atoms with van der Waals surface area (Å²) in [5, 5.41) is 3.19. The zero-order valence-corrected chi connectivity index (χ0v) is 10.8. The molecular formula is C15H16F2N2. The summed E-state index contributed by atoms with van der Waals surface area (Å²) in [5.74, 6) is -1.63. The van der Waals surface area contributed by atoms with Gasteiger partial charge in [0.2, 0.25) is 0 Å². The Morgan fingerprint density at radius 1 is 1.11 bits per heavy atom. The van der Waals surface area contributed by atoms with Crippen molar-refractivity contribution in [3.05, 3.63) is 65.0 Å². The second kappa shape index (κ2) is 6.38. The number of benzene rings is 1. The third-order valence-corrected chi connectivity index (χ3v) is 2.97. The maximum absolute atomic E-state index is 13.0. The quantitative estimate of drug-likeness (QED) is 0.895. The number of aryl methyl sites for hydroxylation is 1. The van der Waals surface area contributed by atoms with Gasteiger partial charge >= 0.3 is 0 Å². The van der Waals surface area contributed by atoms with Gasteiger partial charge in [0.1, 0.15) is 0 Å². The lowest BCUT2D eigenvalue weighted by atomic mass is 10.1. The molecule has 0 amide bonds. The molecule has 1 heterocycles. The Balaban J connectivity index is 1.94. The minimum Gasteiger partial charge on any atom is -0.307 e. The highest BCUT2D eigenvalue weighted by Gasteiger charge is 2.04. The second-order valence-electron chi connectivity index (χ2n) is 4.31. The molecular weight excluding hydrogens is 246 g/mol. The van der Waals surface area contributed by atoms with Crippen molar-refractivity contribution in [2.75, 3.05) is 0 Å². The number of pyridine rings is 1. The van der Waals surface area contributed by atoms with Crippen LogP contribution in [0.25, 0.3) is 0 Å². The minimum absolute atomic E-state index is 0.483. The SMILES string of the molecule is CCc1cccnc1CNCc1ccc(F)c(F)c1. The van der Waals surface area contributed by atoms with Gasteiger partial charge in [-0.3, -0.25) is 4.98 Å². The first kappa shape index (κ1) is 13.6. The molecule has 100 valence electrons. The van der Waals surface area contributed by atoms with Gasteiger partial charge in [0.05, 0.1) is 5.69 Å². The Kier molecular flexibility index (Phi) is 4.58. The van der Waals surface area contributed by atoms with Crippen molar-refractivity contribution in [1.82, 2.24) is 10.3 Å². The van der Waals surface area contributed by atoms with Crippen LogP contribution in [0.4, 0.5) is 8.78 Å². The molecule has 0 aliphatic carbocycles. The smallest absolute Gasteiger partial charge is 0.159 e. The van der Waals surface area contributed by atoms with Crippen LogP contribution in [0.1, 0.15) is 23.7 Å². The van der Waals surface area contributed by atoms with Crippen molar-refractivity contribution >= 4 is 0 Å². The van der Waals surface area contributed by atoms with Crippen LogP contribution in [0, 0.1) is 11.6 Å². The molecule has 0 spiro atoms. The predicted octanol–water partition coefficient (Wildman–Crippen LogP) is 3.21. The van der Waals surface area contributed by atoms with Gasteiger partial charge in [0.15, 0.2) is 11.6 Å². The van der Waals surface area contributed by atoms with Crippen molar-refractivity contribution in [3.8, 4) is 0 Å². The van der Waals surface area contributed by atoms with Gasteiger partial charge in [-0.05, 0) is 35.7 Å². The van der Waals surface area contributed by atoms with Gasteiger partial charge in [0.25, 0.3) is 0 Å². The van der Waals surface area contributed by atoms with Crippen molar-refractivity contribution in [2.45, 2.75) is 26.4 Å². The maximum Gasteiger partial charge on any atom is 0.159 e. The second-order valence-corrected chi connectivity index (χ2v) is 4.31. The number of hydrogen-bond acceptors (Lipinski definition) is 2. The van der Waals surface area contributed by atoms with Crippen LogP contribution in [-0.2, 0) is 19.5 Å². The molecule has 0 saturated heterocycles. The van der Waals surface area contributed by atoms with Crippen LogP contribution in [0.15, 0.2) is 36.5 Å². The summed E-state index contributed by atoms with van der Waals surface area (Å²) < 4.78 is 25.8. The summed E-state index contributed by atoms with van der Waals surface area (Å²) in [5.41, 5.74) is 2.90. The number of nitrogens with zero attached hydrogens (tertiary/aromatic N) is 1. The zero-order valence-electron chi connectivity index (χ0n) is 10.8. The van der Waals surface area contributed by atoms with Gasteiger partial charge in [-0.2, -0.15) is 0 Å². The molecule has 0 unspecified atom stereocenters. The normalized spacial score (nSPS) is 10.7. The molecule has 0 aliphatic heterocycles. The van der Waals surface area contributed by atoms with Gasteiger partial charge < -0.3 is 5.32 Å². The van der Waals surface area contributed by atoms with E-state index in [1.54, 1.807) is 12.3 Å². The lowest BCUT2D eigenvalue weighted by Gasteiger charge is -2.08. The monoisotopic (exact) mass is 262 g/mol. The first-order valence-corrected chi connectivity index (χ1v) is 6.28. The zero-order chi connectivity index (χ0) is 13.7. The highest BCUT2D eigenvalue weighted by molar-refractivity contribution is 5.20. The van der Waals surface area contributed by atoms with Gasteiger partial charge in [-0.15, -0.1) is 0 Å². The molecule has 0 fully saturated rings. The fourth-order valence-electron chi connectivity index (χ4n) is 1.93. The summed E-state index contributed by atoms with van der Waals surface area (Å²) in [6, 6.07) is 7.88. The fourth-order valence-corrected chi connectivity index (χ4v) is 1.93. The summed E-state index contributed by atoms with van der Waals surface area (Å²) in [4.78, 5) is 4.32. The molecule has 0 aliphatic rings. The molecule has 0 saturated carbocycles. The molecule has 1 aromatic heterocycles. The van der Waals surface area contributed by atoms with E-state index in [-0.39, 0.29) is 0 Å². The molecule has 2 rings (SSSR count). The third-order valence-electron chi connectivity index (χ3n) is 2.97. The van der Waals surface area contributed by atoms with E-state index in [9.17, 15) is 8.78 Å². The third kappa shape index (κ3) is 3.58. The summed E-state index contributed by atoms with van der Waals surface area (Å²) in [6.07, 6.45) is 2.68. The Morgan fingerprint density at radius 2 is 1.95 bits per heavy atom. The van der Waals surface area contributed by atoms with Crippen LogP contribution in [-0.4, -0.2) is 4.98 Å². The van der Waals surface area contributed by atoms with Crippen molar-refractivity contribution in [1.29, 1.82) is 0 Å². The van der Waals surface area contributed by atoms with E-state index >= 15 is 0 Å². The lowest BCUT2D eigenvalue weighted by molar-refractivity contribution is 0.506. The Bertz CT molecular complexity index is 556. The minimum atomic E-state index is -0.818. The Morgan fingerprint density at radius 3 is 2.68 bits per heavy atom. The van der Waals surface area contributed by atoms with E-state index < -0.39 is 11.6 Å². The van der Waals surface area contributed by atoms with E-state index in [1.807, 2.05) is 12.1 Å². The van der Waals surface area contributed by atoms with E-state index in [0.29, 0.717) is 18.7 Å². The lowest BCUT2D eigenvalue weighted by Crippen LogP contribution is -2.15. The van der Waals surface area contributed by atoms with Gasteiger partial charge in [0, 0.05) is 19.3 Å². The molecule has 2 nitrogen and oxygen atoms in total. The Labute approximate surface area is 111 Å².